The van der Waals surface area contributed by atoms with Gasteiger partial charge in [-0.25, -0.2) is 0 Å². The first kappa shape index (κ1) is 18.3. The van der Waals surface area contributed by atoms with Crippen LogP contribution < -0.4 is 21.5 Å². The highest BCUT2D eigenvalue weighted by atomic mass is 16.5. The number of nitrogens with one attached hydrogen (secondary N) is 2. The van der Waals surface area contributed by atoms with Gasteiger partial charge in [0.2, 0.25) is 0 Å². The molecule has 27 heavy (non-hydrogen) atoms. The molecule has 0 aromatic heterocycles. The molecule has 0 unspecified atom stereocenters. The fourth-order valence-corrected chi connectivity index (χ4v) is 2.73. The van der Waals surface area contributed by atoms with E-state index in [0.29, 0.717) is 11.5 Å². The Morgan fingerprint density at radius 2 is 1.63 bits per heavy atom. The molecule has 0 radical (unpaired) electrons. The summed E-state index contributed by atoms with van der Waals surface area (Å²) in [4.78, 5) is 0. The molecular weight excluding hydrogens is 338 g/mol. The van der Waals surface area contributed by atoms with E-state index in [1.165, 1.54) is 0 Å². The maximum atomic E-state index is 9.82. The number of hydroxylamine groups is 1. The standard InChI is InChI=1S/C21H23N5O/c1-23-19-13-10-17(14-20(19)26(2)27)15-8-11-18(12-9-15)24-25-21(22)16-6-4-3-5-7-16/h3-14,23-24,27H,1-2H3,(H2,22,25). The Bertz CT molecular complexity index is 921. The summed E-state index contributed by atoms with van der Waals surface area (Å²) in [6.07, 6.45) is 0. The maximum absolute atomic E-state index is 9.82. The van der Waals surface area contributed by atoms with E-state index in [0.717, 1.165) is 33.1 Å². The van der Waals surface area contributed by atoms with Crippen LogP contribution in [0.15, 0.2) is 77.9 Å². The second kappa shape index (κ2) is 8.25. The zero-order valence-corrected chi connectivity index (χ0v) is 15.3. The molecule has 6 heteroatoms. The minimum Gasteiger partial charge on any atom is -0.386 e. The van der Waals surface area contributed by atoms with Crippen molar-refractivity contribution in [1.82, 2.24) is 0 Å². The number of rotatable bonds is 6. The Labute approximate surface area is 158 Å². The highest BCUT2D eigenvalue weighted by Crippen LogP contribution is 2.31. The summed E-state index contributed by atoms with van der Waals surface area (Å²) in [6, 6.07) is 23.3. The predicted molar refractivity (Wildman–Crippen MR) is 112 cm³/mol. The van der Waals surface area contributed by atoms with Crippen LogP contribution in [-0.2, 0) is 0 Å². The molecule has 3 rings (SSSR count). The van der Waals surface area contributed by atoms with E-state index in [2.05, 4.69) is 15.8 Å². The number of amidine groups is 1. The van der Waals surface area contributed by atoms with Gasteiger partial charge in [0.1, 0.15) is 0 Å². The first-order chi connectivity index (χ1) is 13.1. The lowest BCUT2D eigenvalue weighted by molar-refractivity contribution is 0.280. The van der Waals surface area contributed by atoms with Crippen molar-refractivity contribution in [2.24, 2.45) is 10.8 Å². The Kier molecular flexibility index (Phi) is 5.58. The molecule has 6 nitrogen and oxygen atoms in total. The van der Waals surface area contributed by atoms with E-state index in [1.807, 2.05) is 79.8 Å². The number of anilines is 3. The van der Waals surface area contributed by atoms with Gasteiger partial charge in [0.25, 0.3) is 0 Å². The molecule has 0 saturated heterocycles. The van der Waals surface area contributed by atoms with Gasteiger partial charge in [-0.05, 0) is 35.4 Å². The highest BCUT2D eigenvalue weighted by Gasteiger charge is 2.07. The summed E-state index contributed by atoms with van der Waals surface area (Å²) in [5, 5.41) is 18.2. The second-order valence-electron chi connectivity index (χ2n) is 6.06. The van der Waals surface area contributed by atoms with Crippen molar-refractivity contribution in [3.63, 3.8) is 0 Å². The van der Waals surface area contributed by atoms with Crippen LogP contribution in [0.5, 0.6) is 0 Å². The van der Waals surface area contributed by atoms with E-state index < -0.39 is 0 Å². The Balaban J connectivity index is 1.77. The minimum atomic E-state index is 0.429. The van der Waals surface area contributed by atoms with Gasteiger partial charge in [0, 0.05) is 19.7 Å². The Hall–Kier alpha value is -3.51. The van der Waals surface area contributed by atoms with Gasteiger partial charge >= 0.3 is 0 Å². The van der Waals surface area contributed by atoms with Gasteiger partial charge in [-0.2, -0.15) is 5.10 Å². The van der Waals surface area contributed by atoms with Crippen molar-refractivity contribution in [3.05, 3.63) is 78.4 Å². The molecule has 3 aromatic carbocycles. The predicted octanol–water partition coefficient (Wildman–Crippen LogP) is 3.95. The average Bonchev–Trinajstić information content (AvgIpc) is 2.72. The van der Waals surface area contributed by atoms with Gasteiger partial charge in [-0.1, -0.05) is 48.5 Å². The first-order valence-corrected chi connectivity index (χ1v) is 8.58. The van der Waals surface area contributed by atoms with Crippen LogP contribution in [0.4, 0.5) is 17.1 Å². The lowest BCUT2D eigenvalue weighted by atomic mass is 10.0. The van der Waals surface area contributed by atoms with Crippen LogP contribution in [0, 0.1) is 0 Å². The molecule has 0 aliphatic rings. The molecule has 0 spiro atoms. The SMILES string of the molecule is CNc1ccc(-c2ccc(N/N=C(\N)c3ccccc3)cc2)cc1N(C)O. The van der Waals surface area contributed by atoms with Gasteiger partial charge in [-0.15, -0.1) is 0 Å². The third-order valence-corrected chi connectivity index (χ3v) is 4.21. The molecule has 0 bridgehead atoms. The number of nitrogens with two attached hydrogens (primary N) is 1. The number of benzene rings is 3. The highest BCUT2D eigenvalue weighted by molar-refractivity contribution is 5.97. The second-order valence-corrected chi connectivity index (χ2v) is 6.06. The van der Waals surface area contributed by atoms with E-state index in [4.69, 9.17) is 5.73 Å². The summed E-state index contributed by atoms with van der Waals surface area (Å²) in [7, 11) is 3.42. The van der Waals surface area contributed by atoms with Crippen molar-refractivity contribution in [2.75, 3.05) is 29.9 Å². The molecule has 0 fully saturated rings. The number of nitrogens with zero attached hydrogens (tertiary/aromatic N) is 2. The summed E-state index contributed by atoms with van der Waals surface area (Å²) >= 11 is 0. The van der Waals surface area contributed by atoms with Crippen molar-refractivity contribution >= 4 is 22.9 Å². The minimum absolute atomic E-state index is 0.429. The number of hydrogen-bond donors (Lipinski definition) is 4. The van der Waals surface area contributed by atoms with Gasteiger partial charge < -0.3 is 11.1 Å². The van der Waals surface area contributed by atoms with E-state index in [1.54, 1.807) is 7.05 Å². The lowest BCUT2D eigenvalue weighted by Crippen LogP contribution is -2.15. The lowest BCUT2D eigenvalue weighted by Gasteiger charge is -2.17. The molecule has 138 valence electrons. The summed E-state index contributed by atoms with van der Waals surface area (Å²) in [5.41, 5.74) is 14.3. The Morgan fingerprint density at radius 1 is 0.963 bits per heavy atom. The molecular formula is C21H23N5O. The molecule has 0 amide bonds. The average molecular weight is 361 g/mol. The van der Waals surface area contributed by atoms with Crippen molar-refractivity contribution in [2.45, 2.75) is 0 Å². The molecule has 0 aliphatic heterocycles. The van der Waals surface area contributed by atoms with Gasteiger partial charge in [0.15, 0.2) is 5.84 Å². The van der Waals surface area contributed by atoms with E-state index >= 15 is 0 Å². The fourth-order valence-electron chi connectivity index (χ4n) is 2.73. The van der Waals surface area contributed by atoms with Crippen LogP contribution in [-0.4, -0.2) is 25.1 Å². The molecule has 0 atom stereocenters. The smallest absolute Gasteiger partial charge is 0.150 e. The van der Waals surface area contributed by atoms with Gasteiger partial charge in [-0.3, -0.25) is 15.7 Å². The molecule has 5 N–H and O–H groups in total. The normalized spacial score (nSPS) is 11.1. The quantitative estimate of drug-likeness (QED) is 0.303. The molecule has 0 saturated carbocycles. The van der Waals surface area contributed by atoms with Crippen LogP contribution >= 0.6 is 0 Å². The van der Waals surface area contributed by atoms with E-state index in [-0.39, 0.29) is 0 Å². The maximum Gasteiger partial charge on any atom is 0.150 e. The van der Waals surface area contributed by atoms with Crippen molar-refractivity contribution < 1.29 is 5.21 Å². The monoisotopic (exact) mass is 361 g/mol. The third kappa shape index (κ3) is 4.37. The first-order valence-electron chi connectivity index (χ1n) is 8.58. The topological polar surface area (TPSA) is 85.9 Å². The van der Waals surface area contributed by atoms with Crippen LogP contribution in [0.1, 0.15) is 5.56 Å². The van der Waals surface area contributed by atoms with Crippen molar-refractivity contribution in [3.8, 4) is 11.1 Å². The number of hydrogen-bond acceptors (Lipinski definition) is 5. The third-order valence-electron chi connectivity index (χ3n) is 4.21. The summed E-state index contributed by atoms with van der Waals surface area (Å²) < 4.78 is 0. The van der Waals surface area contributed by atoms with Crippen molar-refractivity contribution in [1.29, 1.82) is 0 Å². The van der Waals surface area contributed by atoms with Crippen LogP contribution in [0.3, 0.4) is 0 Å². The summed E-state index contributed by atoms with van der Waals surface area (Å²) in [5.74, 6) is 0.429. The zero-order valence-electron chi connectivity index (χ0n) is 15.3. The zero-order chi connectivity index (χ0) is 19.2. The molecule has 0 aliphatic carbocycles. The largest absolute Gasteiger partial charge is 0.386 e. The van der Waals surface area contributed by atoms with Crippen LogP contribution in [0.25, 0.3) is 11.1 Å². The Morgan fingerprint density at radius 3 is 2.26 bits per heavy atom. The van der Waals surface area contributed by atoms with E-state index in [9.17, 15) is 5.21 Å². The fraction of sp³-hybridized carbons (Fsp3) is 0.0952. The molecule has 3 aromatic rings. The van der Waals surface area contributed by atoms with Crippen LogP contribution in [0.2, 0.25) is 0 Å². The summed E-state index contributed by atoms with van der Waals surface area (Å²) in [6.45, 7) is 0. The number of hydrazone groups is 1. The molecule has 0 heterocycles. The van der Waals surface area contributed by atoms with Gasteiger partial charge in [0.05, 0.1) is 17.1 Å².